The Morgan fingerprint density at radius 3 is 2.57 bits per heavy atom. The van der Waals surface area contributed by atoms with E-state index in [4.69, 9.17) is 16.7 Å². The molecule has 8 atom stereocenters. The molecule has 5 heteroatoms. The summed E-state index contributed by atoms with van der Waals surface area (Å²) in [4.78, 5) is 12.6. The van der Waals surface area contributed by atoms with E-state index in [1.807, 2.05) is 24.3 Å². The number of nitrogens with zero attached hydrogens (tertiary/aromatic N) is 2. The predicted octanol–water partition coefficient (Wildman–Crippen LogP) is 6.93. The minimum atomic E-state index is -0.238. The summed E-state index contributed by atoms with van der Waals surface area (Å²) in [6.45, 7) is 6.67. The highest BCUT2D eigenvalue weighted by Gasteiger charge is 2.60. The molecule has 0 saturated heterocycles. The number of hydrogen-bond donors (Lipinski definition) is 1. The number of benzene rings is 1. The maximum absolute atomic E-state index is 12.6. The number of amides is 1. The third-order valence-electron chi connectivity index (χ3n) is 11.0. The monoisotopic (exact) mass is 494 g/mol. The van der Waals surface area contributed by atoms with Crippen LogP contribution >= 0.6 is 11.6 Å². The molecule has 1 aromatic rings. The first kappa shape index (κ1) is 23.7. The van der Waals surface area contributed by atoms with Crippen molar-refractivity contribution in [1.82, 2.24) is 5.01 Å². The SMILES string of the molecule is CC(=O)N1N=C([C@H]2CC[C@H]3[C@@H]4CCC5=C[C@@H](O)CC[C@]5(C)[C@H]4CC[C@]23C)C[C@@H]1c1ccc(Cl)cc1. The van der Waals surface area contributed by atoms with Gasteiger partial charge in [-0.15, -0.1) is 0 Å². The van der Waals surface area contributed by atoms with Crippen LogP contribution in [0.4, 0.5) is 0 Å². The molecule has 0 spiro atoms. The summed E-state index contributed by atoms with van der Waals surface area (Å²) in [6, 6.07) is 7.89. The molecule has 0 bridgehead atoms. The van der Waals surface area contributed by atoms with Gasteiger partial charge in [0.25, 0.3) is 0 Å². The van der Waals surface area contributed by atoms with Crippen LogP contribution in [-0.2, 0) is 4.79 Å². The number of halogens is 1. The van der Waals surface area contributed by atoms with Crippen molar-refractivity contribution in [3.8, 4) is 0 Å². The van der Waals surface area contributed by atoms with E-state index in [-0.39, 0.29) is 28.9 Å². The predicted molar refractivity (Wildman–Crippen MR) is 140 cm³/mol. The van der Waals surface area contributed by atoms with Gasteiger partial charge in [-0.1, -0.05) is 49.2 Å². The number of allylic oxidation sites excluding steroid dienone is 1. The minimum absolute atomic E-state index is 0.0161. The number of hydrogen-bond acceptors (Lipinski definition) is 3. The van der Waals surface area contributed by atoms with Gasteiger partial charge in [0.15, 0.2) is 0 Å². The van der Waals surface area contributed by atoms with Crippen molar-refractivity contribution in [1.29, 1.82) is 0 Å². The Balaban J connectivity index is 1.26. The van der Waals surface area contributed by atoms with Crippen molar-refractivity contribution in [3.63, 3.8) is 0 Å². The molecule has 0 aromatic heterocycles. The fourth-order valence-electron chi connectivity index (χ4n) is 9.24. The largest absolute Gasteiger partial charge is 0.389 e. The molecule has 0 unspecified atom stereocenters. The molecular weight excluding hydrogens is 456 g/mol. The molecule has 6 rings (SSSR count). The van der Waals surface area contributed by atoms with Crippen LogP contribution in [0.5, 0.6) is 0 Å². The van der Waals surface area contributed by atoms with Crippen LogP contribution in [0.25, 0.3) is 0 Å². The molecule has 4 nitrogen and oxygen atoms in total. The van der Waals surface area contributed by atoms with E-state index < -0.39 is 0 Å². The smallest absolute Gasteiger partial charge is 0.240 e. The first-order chi connectivity index (χ1) is 16.7. The number of fused-ring (bicyclic) bond motifs is 5. The first-order valence-electron chi connectivity index (χ1n) is 13.7. The Morgan fingerprint density at radius 2 is 1.83 bits per heavy atom. The van der Waals surface area contributed by atoms with Crippen molar-refractivity contribution in [2.24, 2.45) is 39.6 Å². The maximum Gasteiger partial charge on any atom is 0.240 e. The van der Waals surface area contributed by atoms with Crippen molar-refractivity contribution in [2.75, 3.05) is 0 Å². The molecule has 4 aliphatic carbocycles. The zero-order valence-corrected chi connectivity index (χ0v) is 22.1. The zero-order chi connectivity index (χ0) is 24.5. The van der Waals surface area contributed by atoms with E-state index in [0.29, 0.717) is 5.92 Å². The lowest BCUT2D eigenvalue weighted by Gasteiger charge is -2.58. The van der Waals surface area contributed by atoms with Gasteiger partial charge in [-0.2, -0.15) is 5.10 Å². The highest BCUT2D eigenvalue weighted by atomic mass is 35.5. The van der Waals surface area contributed by atoms with E-state index in [1.165, 1.54) is 37.8 Å². The second-order valence-electron chi connectivity index (χ2n) is 12.5. The van der Waals surface area contributed by atoms with E-state index in [2.05, 4.69) is 19.9 Å². The van der Waals surface area contributed by atoms with Crippen LogP contribution < -0.4 is 0 Å². The molecule has 3 saturated carbocycles. The summed E-state index contributed by atoms with van der Waals surface area (Å²) in [5, 5.41) is 17.7. The first-order valence-corrected chi connectivity index (χ1v) is 14.1. The molecule has 188 valence electrons. The summed E-state index contributed by atoms with van der Waals surface area (Å²) >= 11 is 6.13. The maximum atomic E-state index is 12.6. The molecule has 1 heterocycles. The van der Waals surface area contributed by atoms with E-state index in [9.17, 15) is 9.90 Å². The summed E-state index contributed by atoms with van der Waals surface area (Å²) in [5.74, 6) is 2.73. The number of rotatable bonds is 2. The fourth-order valence-corrected chi connectivity index (χ4v) is 9.36. The van der Waals surface area contributed by atoms with E-state index in [0.717, 1.165) is 54.0 Å². The Morgan fingerprint density at radius 1 is 1.06 bits per heavy atom. The lowest BCUT2D eigenvalue weighted by atomic mass is 9.46. The lowest BCUT2D eigenvalue weighted by molar-refractivity contribution is -0.130. The van der Waals surface area contributed by atoms with Gasteiger partial charge >= 0.3 is 0 Å². The Kier molecular flexibility index (Phi) is 5.73. The summed E-state index contributed by atoms with van der Waals surface area (Å²) in [6.07, 6.45) is 12.3. The second kappa shape index (κ2) is 8.45. The quantitative estimate of drug-likeness (QED) is 0.453. The molecule has 0 radical (unpaired) electrons. The number of carbonyl (C=O) groups excluding carboxylic acids is 1. The zero-order valence-electron chi connectivity index (χ0n) is 21.3. The lowest BCUT2D eigenvalue weighted by Crippen LogP contribution is -2.51. The van der Waals surface area contributed by atoms with Crippen LogP contribution in [0.15, 0.2) is 41.0 Å². The normalized spacial score (nSPS) is 42.6. The van der Waals surface area contributed by atoms with Crippen LogP contribution in [0.3, 0.4) is 0 Å². The van der Waals surface area contributed by atoms with Gasteiger partial charge in [0.1, 0.15) is 0 Å². The Hall–Kier alpha value is -1.65. The Labute approximate surface area is 214 Å². The summed E-state index contributed by atoms with van der Waals surface area (Å²) in [7, 11) is 0. The molecule has 1 aromatic carbocycles. The highest BCUT2D eigenvalue weighted by Crippen LogP contribution is 2.67. The molecule has 3 fully saturated rings. The van der Waals surface area contributed by atoms with Gasteiger partial charge in [-0.3, -0.25) is 4.79 Å². The van der Waals surface area contributed by atoms with Crippen molar-refractivity contribution in [2.45, 2.75) is 90.7 Å². The highest BCUT2D eigenvalue weighted by molar-refractivity contribution is 6.30. The van der Waals surface area contributed by atoms with Crippen molar-refractivity contribution in [3.05, 3.63) is 46.5 Å². The summed E-state index contributed by atoms with van der Waals surface area (Å²) in [5.41, 5.74) is 4.44. The average Bonchev–Trinajstić information content (AvgIpc) is 3.41. The molecule has 5 aliphatic rings. The molecule has 35 heavy (non-hydrogen) atoms. The summed E-state index contributed by atoms with van der Waals surface area (Å²) < 4.78 is 0. The number of aliphatic hydroxyl groups excluding tert-OH is 1. The average molecular weight is 495 g/mol. The van der Waals surface area contributed by atoms with Crippen LogP contribution in [0.2, 0.25) is 5.02 Å². The van der Waals surface area contributed by atoms with Crippen LogP contribution in [0, 0.1) is 34.5 Å². The van der Waals surface area contributed by atoms with Gasteiger partial charge in [0, 0.05) is 30.0 Å². The third-order valence-corrected chi connectivity index (χ3v) is 11.3. The van der Waals surface area contributed by atoms with E-state index >= 15 is 0 Å². The minimum Gasteiger partial charge on any atom is -0.389 e. The van der Waals surface area contributed by atoms with Crippen molar-refractivity contribution >= 4 is 23.2 Å². The van der Waals surface area contributed by atoms with Crippen molar-refractivity contribution < 1.29 is 9.90 Å². The van der Waals surface area contributed by atoms with E-state index in [1.54, 1.807) is 17.5 Å². The van der Waals surface area contributed by atoms with Gasteiger partial charge in [-0.25, -0.2) is 5.01 Å². The van der Waals surface area contributed by atoms with Crippen LogP contribution in [0.1, 0.15) is 90.2 Å². The molecular formula is C30H39ClN2O2. The molecule has 1 N–H and O–H groups in total. The molecule has 1 aliphatic heterocycles. The van der Waals surface area contributed by atoms with Gasteiger partial charge in [0.2, 0.25) is 5.91 Å². The standard InChI is InChI=1S/C30H39ClN2O2/c1-18(34)33-28(19-4-7-21(31)8-5-19)17-27(32-33)26-11-10-24-23-9-6-20-16-22(35)12-14-29(20,2)25(23)13-15-30(24,26)3/h4-5,7-8,16,22-26,28,35H,6,9-15,17H2,1-3H3/t22-,23-,24-,25-,26+,28+,29-,30-/m0/s1. The van der Waals surface area contributed by atoms with Gasteiger partial charge < -0.3 is 5.11 Å². The van der Waals surface area contributed by atoms with Gasteiger partial charge in [0.05, 0.1) is 12.1 Å². The molecule has 1 amide bonds. The number of aliphatic hydroxyl groups is 1. The fraction of sp³-hybridized carbons (Fsp3) is 0.667. The second-order valence-corrected chi connectivity index (χ2v) is 13.0. The Bertz CT molecular complexity index is 1080. The topological polar surface area (TPSA) is 52.9 Å². The number of carbonyl (C=O) groups is 1. The third kappa shape index (κ3) is 3.65. The van der Waals surface area contributed by atoms with Gasteiger partial charge in [-0.05, 0) is 97.6 Å². The number of hydrazone groups is 1. The van der Waals surface area contributed by atoms with Crippen LogP contribution in [-0.4, -0.2) is 27.8 Å².